The molecule has 0 spiro atoms. The maximum atomic E-state index is 12.3. The van der Waals surface area contributed by atoms with Crippen LogP contribution in [0.5, 0.6) is 0 Å². The highest BCUT2D eigenvalue weighted by Crippen LogP contribution is 2.52. The van der Waals surface area contributed by atoms with Crippen LogP contribution in [0.3, 0.4) is 0 Å². The number of hydrogen-bond acceptors (Lipinski definition) is 2. The first-order valence-corrected chi connectivity index (χ1v) is 6.22. The van der Waals surface area contributed by atoms with Crippen LogP contribution >= 0.6 is 0 Å². The zero-order valence-corrected chi connectivity index (χ0v) is 8.85. The van der Waals surface area contributed by atoms with Crippen molar-refractivity contribution in [2.45, 2.75) is 38.1 Å². The fraction of sp³-hybridized carbons (Fsp3) is 0.833. The molecule has 0 aromatic carbocycles. The van der Waals surface area contributed by atoms with Gasteiger partial charge in [-0.3, -0.25) is 9.79 Å². The molecule has 1 amide bonds. The van der Waals surface area contributed by atoms with E-state index in [1.54, 1.807) is 0 Å². The summed E-state index contributed by atoms with van der Waals surface area (Å²) in [7, 11) is 0. The topological polar surface area (TPSA) is 32.7 Å². The van der Waals surface area contributed by atoms with Crippen LogP contribution in [0.4, 0.5) is 0 Å². The average molecular weight is 204 g/mol. The van der Waals surface area contributed by atoms with Gasteiger partial charge in [0.05, 0.1) is 12.0 Å². The lowest BCUT2D eigenvalue weighted by molar-refractivity contribution is -0.134. The van der Waals surface area contributed by atoms with Crippen molar-refractivity contribution in [3.05, 3.63) is 0 Å². The minimum atomic E-state index is 0.269. The van der Waals surface area contributed by atoms with E-state index in [4.69, 9.17) is 4.99 Å². The molecule has 3 heteroatoms. The van der Waals surface area contributed by atoms with E-state index < -0.39 is 0 Å². The zero-order chi connectivity index (χ0) is 9.99. The van der Waals surface area contributed by atoms with Crippen LogP contribution in [-0.4, -0.2) is 29.2 Å². The number of hydrogen-bond donors (Lipinski definition) is 0. The van der Waals surface area contributed by atoms with Gasteiger partial charge in [-0.2, -0.15) is 0 Å². The van der Waals surface area contributed by atoms with E-state index in [1.807, 2.05) is 4.90 Å². The molecule has 2 aliphatic heterocycles. The smallest absolute Gasteiger partial charge is 0.233 e. The average Bonchev–Trinajstić information content (AvgIpc) is 2.90. The molecule has 0 unspecified atom stereocenters. The molecule has 0 aromatic rings. The minimum Gasteiger partial charge on any atom is -0.300 e. The first-order valence-electron chi connectivity index (χ1n) is 6.22. The summed E-state index contributed by atoms with van der Waals surface area (Å²) >= 11 is 0. The van der Waals surface area contributed by atoms with Crippen LogP contribution < -0.4 is 0 Å². The van der Waals surface area contributed by atoms with E-state index in [9.17, 15) is 4.79 Å². The lowest BCUT2D eigenvalue weighted by Gasteiger charge is -2.35. The van der Waals surface area contributed by atoms with Crippen molar-refractivity contribution in [3.8, 4) is 0 Å². The quantitative estimate of drug-likeness (QED) is 0.587. The number of rotatable bonds is 0. The van der Waals surface area contributed by atoms with Gasteiger partial charge in [-0.1, -0.05) is 0 Å². The highest BCUT2D eigenvalue weighted by Gasteiger charge is 2.54. The van der Waals surface area contributed by atoms with E-state index in [2.05, 4.69) is 0 Å². The van der Waals surface area contributed by atoms with Gasteiger partial charge >= 0.3 is 0 Å². The molecular weight excluding hydrogens is 188 g/mol. The van der Waals surface area contributed by atoms with E-state index in [0.717, 1.165) is 31.1 Å². The van der Waals surface area contributed by atoms with Crippen LogP contribution in [0.15, 0.2) is 4.99 Å². The van der Waals surface area contributed by atoms with Crippen LogP contribution in [-0.2, 0) is 4.79 Å². The van der Waals surface area contributed by atoms with Gasteiger partial charge in [0.1, 0.15) is 5.84 Å². The predicted molar refractivity (Wildman–Crippen MR) is 56.5 cm³/mol. The Balaban J connectivity index is 1.79. The van der Waals surface area contributed by atoms with Crippen molar-refractivity contribution in [3.63, 3.8) is 0 Å². The summed E-state index contributed by atoms with van der Waals surface area (Å²) in [5.74, 6) is 3.19. The highest BCUT2D eigenvalue weighted by molar-refractivity contribution is 6.03. The predicted octanol–water partition coefficient (Wildman–Crippen LogP) is 1.44. The van der Waals surface area contributed by atoms with Crippen molar-refractivity contribution >= 4 is 11.7 Å². The van der Waals surface area contributed by atoms with Crippen LogP contribution in [0.25, 0.3) is 0 Å². The fourth-order valence-corrected chi connectivity index (χ4v) is 4.18. The Bertz CT molecular complexity index is 363. The summed E-state index contributed by atoms with van der Waals surface area (Å²) in [6.07, 6.45) is 6.02. The van der Waals surface area contributed by atoms with Gasteiger partial charge in [-0.25, -0.2) is 0 Å². The summed E-state index contributed by atoms with van der Waals surface area (Å²) in [5, 5.41) is 0. The van der Waals surface area contributed by atoms with Gasteiger partial charge in [0.2, 0.25) is 5.91 Å². The van der Waals surface area contributed by atoms with E-state index >= 15 is 0 Å². The summed E-state index contributed by atoms with van der Waals surface area (Å²) in [6.45, 7) is 0.929. The Hall–Kier alpha value is -0.860. The summed E-state index contributed by atoms with van der Waals surface area (Å²) < 4.78 is 0. The van der Waals surface area contributed by atoms with Crippen molar-refractivity contribution < 1.29 is 4.79 Å². The summed E-state index contributed by atoms with van der Waals surface area (Å²) in [6, 6.07) is 0.376. The standard InChI is InChI=1S/C12H16N2O/c15-12-10-7-3-4-8(6-7)11(10)13-9-2-1-5-14(9)12/h7-8,10-11H,1-6H2/t7-,8+,10+,11-/m0/s1. The van der Waals surface area contributed by atoms with Gasteiger partial charge in [0.25, 0.3) is 0 Å². The Morgan fingerprint density at radius 3 is 3.07 bits per heavy atom. The van der Waals surface area contributed by atoms with Crippen molar-refractivity contribution in [1.29, 1.82) is 0 Å². The molecule has 15 heavy (non-hydrogen) atoms. The van der Waals surface area contributed by atoms with Crippen molar-refractivity contribution in [1.82, 2.24) is 4.90 Å². The molecule has 3 fully saturated rings. The van der Waals surface area contributed by atoms with Gasteiger partial charge in [0.15, 0.2) is 0 Å². The van der Waals surface area contributed by atoms with E-state index in [0.29, 0.717) is 17.9 Å². The molecule has 3 nitrogen and oxygen atoms in total. The lowest BCUT2D eigenvalue weighted by Crippen LogP contribution is -2.48. The van der Waals surface area contributed by atoms with Crippen LogP contribution in [0, 0.1) is 17.8 Å². The van der Waals surface area contributed by atoms with Crippen LogP contribution in [0.1, 0.15) is 32.1 Å². The maximum absolute atomic E-state index is 12.3. The van der Waals surface area contributed by atoms with Crippen molar-refractivity contribution in [2.75, 3.05) is 6.54 Å². The second-order valence-electron chi connectivity index (χ2n) is 5.49. The molecule has 2 heterocycles. The molecule has 0 radical (unpaired) electrons. The Morgan fingerprint density at radius 1 is 1.27 bits per heavy atom. The van der Waals surface area contributed by atoms with Gasteiger partial charge in [0, 0.05) is 13.0 Å². The molecule has 0 aromatic heterocycles. The Morgan fingerprint density at radius 2 is 2.13 bits per heavy atom. The Labute approximate surface area is 89.5 Å². The molecular formula is C12H16N2O. The second kappa shape index (κ2) is 2.63. The van der Waals surface area contributed by atoms with E-state index in [-0.39, 0.29) is 5.92 Å². The summed E-state index contributed by atoms with van der Waals surface area (Å²) in [4.78, 5) is 19.2. The number of carbonyl (C=O) groups is 1. The van der Waals surface area contributed by atoms with Gasteiger partial charge in [-0.15, -0.1) is 0 Å². The zero-order valence-electron chi connectivity index (χ0n) is 8.85. The third-order valence-electron chi connectivity index (χ3n) is 4.82. The number of amidine groups is 1. The minimum absolute atomic E-state index is 0.269. The van der Waals surface area contributed by atoms with Gasteiger partial charge < -0.3 is 4.90 Å². The van der Waals surface area contributed by atoms with E-state index in [1.165, 1.54) is 19.3 Å². The molecule has 2 bridgehead atoms. The molecule has 2 aliphatic carbocycles. The van der Waals surface area contributed by atoms with Crippen LogP contribution in [0.2, 0.25) is 0 Å². The normalized spacial score (nSPS) is 46.8. The molecule has 4 rings (SSSR count). The number of fused-ring (bicyclic) bond motifs is 6. The molecule has 1 saturated heterocycles. The number of aliphatic imine (C=N–C) groups is 1. The first-order chi connectivity index (χ1) is 7.34. The summed E-state index contributed by atoms with van der Waals surface area (Å²) in [5.41, 5.74) is 0. The number of nitrogens with zero attached hydrogens (tertiary/aromatic N) is 2. The third kappa shape index (κ3) is 0.918. The Kier molecular flexibility index (Phi) is 1.46. The number of carbonyl (C=O) groups excluding carboxylic acids is 1. The number of amides is 1. The SMILES string of the molecule is O=C1[C@@H]2[C@H]3CC[C@H](C3)[C@@H]2N=C2CCCN12. The largest absolute Gasteiger partial charge is 0.300 e. The maximum Gasteiger partial charge on any atom is 0.233 e. The fourth-order valence-electron chi connectivity index (χ4n) is 4.18. The highest BCUT2D eigenvalue weighted by atomic mass is 16.2. The third-order valence-corrected chi connectivity index (χ3v) is 4.82. The van der Waals surface area contributed by atoms with Crippen molar-refractivity contribution in [2.24, 2.45) is 22.7 Å². The monoisotopic (exact) mass is 204 g/mol. The first kappa shape index (κ1) is 8.31. The lowest BCUT2D eigenvalue weighted by atomic mass is 9.83. The molecule has 4 atom stereocenters. The van der Waals surface area contributed by atoms with Gasteiger partial charge in [-0.05, 0) is 37.5 Å². The molecule has 4 aliphatic rings. The second-order valence-corrected chi connectivity index (χ2v) is 5.49. The molecule has 2 saturated carbocycles. The molecule has 80 valence electrons. The molecule has 0 N–H and O–H groups in total.